The fourth-order valence-corrected chi connectivity index (χ4v) is 2.85. The van der Waals surface area contributed by atoms with Crippen molar-refractivity contribution >= 4 is 16.8 Å². The van der Waals surface area contributed by atoms with Crippen molar-refractivity contribution < 1.29 is 9.18 Å². The van der Waals surface area contributed by atoms with Crippen LogP contribution < -0.4 is 5.32 Å². The molecule has 1 aromatic heterocycles. The van der Waals surface area contributed by atoms with Crippen molar-refractivity contribution in [2.45, 2.75) is 13.0 Å². The molecule has 5 heteroatoms. The molecule has 0 spiro atoms. The number of benzene rings is 2. The Labute approximate surface area is 146 Å². The molecule has 0 unspecified atom stereocenters. The van der Waals surface area contributed by atoms with E-state index in [1.54, 1.807) is 12.1 Å². The summed E-state index contributed by atoms with van der Waals surface area (Å²) in [4.78, 5) is 17.4. The first-order chi connectivity index (χ1) is 12.1. The van der Waals surface area contributed by atoms with E-state index >= 15 is 0 Å². The lowest BCUT2D eigenvalue weighted by atomic mass is 10.2. The normalized spacial score (nSPS) is 11.2. The minimum Gasteiger partial charge on any atom is -0.351 e. The summed E-state index contributed by atoms with van der Waals surface area (Å²) in [5.41, 5.74) is 2.49. The van der Waals surface area contributed by atoms with E-state index in [1.165, 1.54) is 17.7 Å². The zero-order valence-corrected chi connectivity index (χ0v) is 14.3. The van der Waals surface area contributed by atoms with Gasteiger partial charge in [0, 0.05) is 24.0 Å². The van der Waals surface area contributed by atoms with Gasteiger partial charge in [0.1, 0.15) is 11.5 Å². The van der Waals surface area contributed by atoms with Gasteiger partial charge in [-0.05, 0) is 49.8 Å². The number of nitrogens with one attached hydrogen (secondary N) is 2. The highest BCUT2D eigenvalue weighted by Crippen LogP contribution is 2.16. The molecule has 25 heavy (non-hydrogen) atoms. The number of halogens is 1. The van der Waals surface area contributed by atoms with Crippen LogP contribution in [0.2, 0.25) is 0 Å². The van der Waals surface area contributed by atoms with E-state index in [0.29, 0.717) is 17.6 Å². The Kier molecular flexibility index (Phi) is 5.46. The number of hydrogen-bond acceptors (Lipinski definition) is 2. The highest BCUT2D eigenvalue weighted by atomic mass is 19.1. The minimum absolute atomic E-state index is 0.165. The topological polar surface area (TPSA) is 48.1 Å². The van der Waals surface area contributed by atoms with E-state index in [2.05, 4.69) is 34.4 Å². The maximum Gasteiger partial charge on any atom is 0.267 e. The molecule has 2 aromatic carbocycles. The molecule has 1 amide bonds. The quantitative estimate of drug-likeness (QED) is 0.647. The minimum atomic E-state index is -0.306. The van der Waals surface area contributed by atoms with Crippen molar-refractivity contribution in [1.29, 1.82) is 0 Å². The lowest BCUT2D eigenvalue weighted by Gasteiger charge is -2.16. The van der Waals surface area contributed by atoms with E-state index in [-0.39, 0.29) is 11.7 Å². The Morgan fingerprint density at radius 1 is 1.16 bits per heavy atom. The number of hydrogen-bond donors (Lipinski definition) is 2. The fraction of sp³-hybridized carbons (Fsp3) is 0.250. The standard InChI is InChI=1S/C20H22FN3O/c1-24(14-15-6-3-2-4-7-15)11-5-10-22-20(25)19-13-16-12-17(21)8-9-18(16)23-19/h2-4,6-9,12-13,23H,5,10-11,14H2,1H3,(H,22,25). The third-order valence-electron chi connectivity index (χ3n) is 4.12. The number of aromatic amines is 1. The van der Waals surface area contributed by atoms with Crippen LogP contribution in [0.15, 0.2) is 54.6 Å². The predicted octanol–water partition coefficient (Wildman–Crippen LogP) is 3.56. The maximum atomic E-state index is 13.2. The summed E-state index contributed by atoms with van der Waals surface area (Å²) in [5.74, 6) is -0.470. The molecule has 0 radical (unpaired) electrons. The van der Waals surface area contributed by atoms with Crippen molar-refractivity contribution in [1.82, 2.24) is 15.2 Å². The van der Waals surface area contributed by atoms with Crippen molar-refractivity contribution in [2.75, 3.05) is 20.1 Å². The van der Waals surface area contributed by atoms with E-state index in [0.717, 1.165) is 25.0 Å². The van der Waals surface area contributed by atoms with Crippen molar-refractivity contribution in [3.8, 4) is 0 Å². The van der Waals surface area contributed by atoms with Crippen LogP contribution in [0.5, 0.6) is 0 Å². The van der Waals surface area contributed by atoms with Crippen LogP contribution in [-0.4, -0.2) is 35.9 Å². The molecule has 0 atom stereocenters. The largest absolute Gasteiger partial charge is 0.351 e. The van der Waals surface area contributed by atoms with Gasteiger partial charge in [0.15, 0.2) is 0 Å². The Hall–Kier alpha value is -2.66. The Bertz CT molecular complexity index is 845. The molecular weight excluding hydrogens is 317 g/mol. The van der Waals surface area contributed by atoms with Crippen LogP contribution in [0.25, 0.3) is 10.9 Å². The van der Waals surface area contributed by atoms with E-state index in [1.807, 2.05) is 18.2 Å². The predicted molar refractivity (Wildman–Crippen MR) is 98.0 cm³/mol. The zero-order chi connectivity index (χ0) is 17.6. The first-order valence-electron chi connectivity index (χ1n) is 8.41. The molecule has 0 saturated carbocycles. The molecule has 0 saturated heterocycles. The third-order valence-corrected chi connectivity index (χ3v) is 4.12. The summed E-state index contributed by atoms with van der Waals surface area (Å²) in [6, 6.07) is 16.4. The Balaban J connectivity index is 1.44. The van der Waals surface area contributed by atoms with Gasteiger partial charge in [-0.15, -0.1) is 0 Å². The molecule has 2 N–H and O–H groups in total. The number of fused-ring (bicyclic) bond motifs is 1. The average molecular weight is 339 g/mol. The maximum absolute atomic E-state index is 13.2. The number of H-pyrrole nitrogens is 1. The van der Waals surface area contributed by atoms with Gasteiger partial charge in [0.05, 0.1) is 0 Å². The molecular formula is C20H22FN3O. The van der Waals surface area contributed by atoms with Crippen LogP contribution in [0, 0.1) is 5.82 Å². The lowest BCUT2D eigenvalue weighted by molar-refractivity contribution is 0.0947. The average Bonchev–Trinajstić information content (AvgIpc) is 3.02. The van der Waals surface area contributed by atoms with Gasteiger partial charge in [-0.1, -0.05) is 30.3 Å². The van der Waals surface area contributed by atoms with Gasteiger partial charge in [0.2, 0.25) is 0 Å². The summed E-state index contributed by atoms with van der Waals surface area (Å²) < 4.78 is 13.2. The van der Waals surface area contributed by atoms with Crippen molar-refractivity contribution in [3.05, 3.63) is 71.7 Å². The highest BCUT2D eigenvalue weighted by molar-refractivity contribution is 5.97. The summed E-state index contributed by atoms with van der Waals surface area (Å²) >= 11 is 0. The molecule has 0 aliphatic heterocycles. The van der Waals surface area contributed by atoms with Gasteiger partial charge >= 0.3 is 0 Å². The zero-order valence-electron chi connectivity index (χ0n) is 14.3. The molecule has 0 aliphatic rings. The molecule has 130 valence electrons. The van der Waals surface area contributed by atoms with E-state index in [9.17, 15) is 9.18 Å². The summed E-state index contributed by atoms with van der Waals surface area (Å²) in [6.07, 6.45) is 0.865. The van der Waals surface area contributed by atoms with E-state index in [4.69, 9.17) is 0 Å². The smallest absolute Gasteiger partial charge is 0.267 e. The first kappa shape index (κ1) is 17.2. The van der Waals surface area contributed by atoms with E-state index < -0.39 is 0 Å². The second kappa shape index (κ2) is 7.94. The lowest BCUT2D eigenvalue weighted by Crippen LogP contribution is -2.28. The molecule has 4 nitrogen and oxygen atoms in total. The van der Waals surface area contributed by atoms with Gasteiger partial charge in [-0.3, -0.25) is 4.79 Å². The fourth-order valence-electron chi connectivity index (χ4n) is 2.85. The highest BCUT2D eigenvalue weighted by Gasteiger charge is 2.09. The number of nitrogens with zero attached hydrogens (tertiary/aromatic N) is 1. The monoisotopic (exact) mass is 339 g/mol. The number of amides is 1. The first-order valence-corrected chi connectivity index (χ1v) is 8.41. The van der Waals surface area contributed by atoms with Gasteiger partial charge in [0.25, 0.3) is 5.91 Å². The number of rotatable bonds is 7. The summed E-state index contributed by atoms with van der Waals surface area (Å²) in [6.45, 7) is 2.39. The molecule has 0 fully saturated rings. The Morgan fingerprint density at radius 3 is 2.76 bits per heavy atom. The molecule has 3 aromatic rings. The van der Waals surface area contributed by atoms with Gasteiger partial charge in [-0.2, -0.15) is 0 Å². The molecule has 3 rings (SSSR count). The van der Waals surface area contributed by atoms with Crippen LogP contribution in [0.3, 0.4) is 0 Å². The summed E-state index contributed by atoms with van der Waals surface area (Å²) in [7, 11) is 2.07. The molecule has 0 aliphatic carbocycles. The van der Waals surface area contributed by atoms with Crippen LogP contribution in [0.4, 0.5) is 4.39 Å². The summed E-state index contributed by atoms with van der Waals surface area (Å²) in [5, 5.41) is 3.60. The number of carbonyl (C=O) groups excluding carboxylic acids is 1. The Morgan fingerprint density at radius 2 is 1.96 bits per heavy atom. The van der Waals surface area contributed by atoms with Gasteiger partial charge in [-0.25, -0.2) is 4.39 Å². The number of aromatic nitrogens is 1. The van der Waals surface area contributed by atoms with Gasteiger partial charge < -0.3 is 15.2 Å². The molecule has 1 heterocycles. The van der Waals surface area contributed by atoms with Crippen molar-refractivity contribution in [3.63, 3.8) is 0 Å². The molecule has 0 bridgehead atoms. The number of carbonyl (C=O) groups is 1. The second-order valence-corrected chi connectivity index (χ2v) is 6.25. The second-order valence-electron chi connectivity index (χ2n) is 6.25. The van der Waals surface area contributed by atoms with Crippen LogP contribution in [0.1, 0.15) is 22.5 Å². The van der Waals surface area contributed by atoms with Crippen LogP contribution >= 0.6 is 0 Å². The third kappa shape index (κ3) is 4.67. The van der Waals surface area contributed by atoms with Crippen LogP contribution in [-0.2, 0) is 6.54 Å². The SMILES string of the molecule is CN(CCCNC(=O)c1cc2cc(F)ccc2[nH]1)Cc1ccccc1. The van der Waals surface area contributed by atoms with Crippen molar-refractivity contribution in [2.24, 2.45) is 0 Å².